The highest BCUT2D eigenvalue weighted by Gasteiger charge is 2.16. The zero-order valence-corrected chi connectivity index (χ0v) is 16.9. The molecule has 0 aromatic heterocycles. The fourth-order valence-electron chi connectivity index (χ4n) is 2.03. The van der Waals surface area contributed by atoms with Gasteiger partial charge in [0, 0.05) is 25.7 Å². The van der Waals surface area contributed by atoms with Gasteiger partial charge in [-0.3, -0.25) is 9.59 Å². The molecule has 26 heavy (non-hydrogen) atoms. The monoisotopic (exact) mass is 362 g/mol. The number of ether oxygens (including phenoxy) is 2. The topological polar surface area (TPSA) is 52.6 Å². The summed E-state index contributed by atoms with van der Waals surface area (Å²) in [5, 5.41) is 0. The number of carbonyl (C=O) groups is 2. The van der Waals surface area contributed by atoms with E-state index in [0.29, 0.717) is 25.7 Å². The zero-order chi connectivity index (χ0) is 19.6. The number of rotatable bonds is 11. The average molecular weight is 363 g/mol. The number of carbonyl (C=O) groups excluding carboxylic acids is 2. The second kappa shape index (κ2) is 16.5. The third-order valence-corrected chi connectivity index (χ3v) is 3.70. The third kappa shape index (κ3) is 13.4. The van der Waals surface area contributed by atoms with Crippen molar-refractivity contribution in [2.45, 2.75) is 104 Å². The normalized spacial score (nSPS) is 12.0. The van der Waals surface area contributed by atoms with Crippen LogP contribution >= 0.6 is 0 Å². The van der Waals surface area contributed by atoms with Gasteiger partial charge in [-0.05, 0) is 25.7 Å². The Morgan fingerprint density at radius 3 is 1.38 bits per heavy atom. The van der Waals surface area contributed by atoms with Crippen LogP contribution in [0.15, 0.2) is 0 Å². The Labute approximate surface area is 159 Å². The first-order valence-corrected chi connectivity index (χ1v) is 9.87. The van der Waals surface area contributed by atoms with Crippen LogP contribution in [0, 0.1) is 23.7 Å². The lowest BCUT2D eigenvalue weighted by molar-refractivity contribution is -0.156. The molecule has 0 aliphatic heterocycles. The molecule has 0 bridgehead atoms. The first-order chi connectivity index (χ1) is 12.6. The van der Waals surface area contributed by atoms with Crippen LogP contribution in [0.5, 0.6) is 0 Å². The van der Waals surface area contributed by atoms with Crippen molar-refractivity contribution in [3.8, 4) is 23.7 Å². The molecule has 0 fully saturated rings. The van der Waals surface area contributed by atoms with Gasteiger partial charge in [0.1, 0.15) is 12.2 Å². The van der Waals surface area contributed by atoms with Crippen LogP contribution in [0.25, 0.3) is 0 Å². The van der Waals surface area contributed by atoms with Crippen LogP contribution in [0.4, 0.5) is 0 Å². The maximum Gasteiger partial charge on any atom is 0.306 e. The molecule has 0 amide bonds. The highest BCUT2D eigenvalue weighted by Crippen LogP contribution is 2.09. The van der Waals surface area contributed by atoms with Gasteiger partial charge in [-0.2, -0.15) is 0 Å². The summed E-state index contributed by atoms with van der Waals surface area (Å²) in [6.07, 6.45) is 5.93. The van der Waals surface area contributed by atoms with E-state index >= 15 is 0 Å². The summed E-state index contributed by atoms with van der Waals surface area (Å²) in [5.41, 5.74) is 0. The second-order valence-electron chi connectivity index (χ2n) is 6.16. The lowest BCUT2D eigenvalue weighted by atomic mass is 10.2. The molecule has 0 radical (unpaired) electrons. The summed E-state index contributed by atoms with van der Waals surface area (Å²) in [7, 11) is 0. The minimum Gasteiger partial charge on any atom is -0.461 e. The molecule has 0 aromatic rings. The predicted molar refractivity (Wildman–Crippen MR) is 104 cm³/mol. The molecule has 0 spiro atoms. The molecule has 0 N–H and O–H groups in total. The van der Waals surface area contributed by atoms with E-state index in [1.54, 1.807) is 0 Å². The van der Waals surface area contributed by atoms with Crippen LogP contribution in [0.2, 0.25) is 0 Å². The molecule has 4 heteroatoms. The van der Waals surface area contributed by atoms with E-state index in [1.807, 2.05) is 13.8 Å². The number of unbranched alkanes of at least 4 members (excludes halogenated alkanes) is 2. The van der Waals surface area contributed by atoms with E-state index < -0.39 is 0 Å². The molecule has 2 unspecified atom stereocenters. The van der Waals surface area contributed by atoms with Gasteiger partial charge in [-0.1, -0.05) is 39.5 Å². The molecule has 0 saturated carbocycles. The van der Waals surface area contributed by atoms with Crippen LogP contribution in [-0.2, 0) is 19.1 Å². The van der Waals surface area contributed by atoms with Gasteiger partial charge in [0.05, 0.1) is 12.8 Å². The Morgan fingerprint density at radius 2 is 1.08 bits per heavy atom. The van der Waals surface area contributed by atoms with E-state index in [9.17, 15) is 9.59 Å². The van der Waals surface area contributed by atoms with E-state index in [1.165, 1.54) is 0 Å². The van der Waals surface area contributed by atoms with Crippen molar-refractivity contribution in [3.05, 3.63) is 0 Å². The zero-order valence-electron chi connectivity index (χ0n) is 16.9. The molecular weight excluding hydrogens is 328 g/mol. The smallest absolute Gasteiger partial charge is 0.306 e. The predicted octanol–water partition coefficient (Wildman–Crippen LogP) is 4.80. The van der Waals surface area contributed by atoms with Crippen molar-refractivity contribution in [1.82, 2.24) is 0 Å². The summed E-state index contributed by atoms with van der Waals surface area (Å²) in [6, 6.07) is 0. The van der Waals surface area contributed by atoms with Gasteiger partial charge in [0.25, 0.3) is 0 Å². The fraction of sp³-hybridized carbons (Fsp3) is 0.727. The molecular formula is C22H34O4. The molecule has 0 heterocycles. The molecule has 0 rings (SSSR count). The maximum absolute atomic E-state index is 11.9. The molecule has 2 atom stereocenters. The Bertz CT molecular complexity index is 468. The largest absolute Gasteiger partial charge is 0.461 e. The summed E-state index contributed by atoms with van der Waals surface area (Å²) < 4.78 is 10.8. The van der Waals surface area contributed by atoms with Gasteiger partial charge in [-0.25, -0.2) is 0 Å². The van der Waals surface area contributed by atoms with E-state index in [2.05, 4.69) is 37.5 Å². The van der Waals surface area contributed by atoms with Gasteiger partial charge in [0.2, 0.25) is 0 Å². The van der Waals surface area contributed by atoms with Gasteiger partial charge in [0.15, 0.2) is 0 Å². The van der Waals surface area contributed by atoms with Crippen LogP contribution in [0.3, 0.4) is 0 Å². The van der Waals surface area contributed by atoms with Crippen LogP contribution < -0.4 is 0 Å². The second-order valence-corrected chi connectivity index (χ2v) is 6.16. The van der Waals surface area contributed by atoms with E-state index in [4.69, 9.17) is 9.47 Å². The maximum atomic E-state index is 11.9. The van der Waals surface area contributed by atoms with E-state index in [-0.39, 0.29) is 37.0 Å². The lowest BCUT2D eigenvalue weighted by Gasteiger charge is -2.15. The first kappa shape index (κ1) is 24.1. The van der Waals surface area contributed by atoms with Crippen molar-refractivity contribution in [2.24, 2.45) is 0 Å². The average Bonchev–Trinajstić information content (AvgIpc) is 2.64. The van der Waals surface area contributed by atoms with Crippen molar-refractivity contribution < 1.29 is 19.1 Å². The number of hydrogen-bond donors (Lipinski definition) is 0. The molecule has 0 aliphatic carbocycles. The molecule has 0 aliphatic rings. The molecule has 0 aromatic carbocycles. The minimum absolute atomic E-state index is 0.0374. The minimum atomic E-state index is -0.373. The fourth-order valence-corrected chi connectivity index (χ4v) is 2.03. The summed E-state index contributed by atoms with van der Waals surface area (Å²) >= 11 is 0. The lowest BCUT2D eigenvalue weighted by Crippen LogP contribution is -2.20. The number of esters is 2. The van der Waals surface area contributed by atoms with Crippen molar-refractivity contribution in [1.29, 1.82) is 0 Å². The van der Waals surface area contributed by atoms with Gasteiger partial charge in [-0.15, -0.1) is 11.8 Å². The molecule has 4 nitrogen and oxygen atoms in total. The van der Waals surface area contributed by atoms with Crippen LogP contribution in [0.1, 0.15) is 91.9 Å². The van der Waals surface area contributed by atoms with Crippen molar-refractivity contribution in [2.75, 3.05) is 0 Å². The van der Waals surface area contributed by atoms with E-state index in [0.717, 1.165) is 25.7 Å². The Hall–Kier alpha value is -1.94. The van der Waals surface area contributed by atoms with Crippen molar-refractivity contribution >= 4 is 11.9 Å². The van der Waals surface area contributed by atoms with Gasteiger partial charge >= 0.3 is 11.9 Å². The highest BCUT2D eigenvalue weighted by molar-refractivity contribution is 5.77. The Morgan fingerprint density at radius 1 is 0.692 bits per heavy atom. The summed E-state index contributed by atoms with van der Waals surface area (Å²) in [5.74, 6) is 11.4. The summed E-state index contributed by atoms with van der Waals surface area (Å²) in [4.78, 5) is 23.8. The first-order valence-electron chi connectivity index (χ1n) is 9.87. The quantitative estimate of drug-likeness (QED) is 0.391. The Kier molecular flexibility index (Phi) is 15.3. The van der Waals surface area contributed by atoms with Gasteiger partial charge < -0.3 is 9.47 Å². The third-order valence-electron chi connectivity index (χ3n) is 3.70. The van der Waals surface area contributed by atoms with Crippen molar-refractivity contribution in [3.63, 3.8) is 0 Å². The highest BCUT2D eigenvalue weighted by atomic mass is 16.5. The number of hydrogen-bond acceptors (Lipinski definition) is 4. The van der Waals surface area contributed by atoms with Crippen LogP contribution in [-0.4, -0.2) is 24.1 Å². The molecule has 0 saturated heterocycles. The summed E-state index contributed by atoms with van der Waals surface area (Å²) in [6.45, 7) is 8.07. The molecule has 146 valence electrons. The Balaban J connectivity index is 4.17. The standard InChI is InChI=1S/C22H34O4/c1-5-9-11-13-15-19(7-3)25-21(23)17-18-22(24)26-20(8-4)16-14-12-10-6-2/h19-20H,5-10,15-18H2,1-4H3. The SMILES string of the molecule is CCCC#CCC(CC)OC(=O)CCC(=O)OC(CC)CC#CCCC.